The fourth-order valence-electron chi connectivity index (χ4n) is 2.09. The van der Waals surface area contributed by atoms with Crippen molar-refractivity contribution >= 4 is 21.9 Å². The average Bonchev–Trinajstić information content (AvgIpc) is 2.54. The van der Waals surface area contributed by atoms with Gasteiger partial charge in [-0.15, -0.1) is 0 Å². The van der Waals surface area contributed by atoms with Gasteiger partial charge in [-0.25, -0.2) is 24.9 Å². The van der Waals surface area contributed by atoms with E-state index in [1.807, 2.05) is 42.6 Å². The highest BCUT2D eigenvalue weighted by molar-refractivity contribution is 5.80. The maximum absolute atomic E-state index is 4.54. The molecule has 4 rings (SSSR count). The topological polar surface area (TPSA) is 64.5 Å². The fraction of sp³-hybridized carbons (Fsp3) is 0. The van der Waals surface area contributed by atoms with Gasteiger partial charge in [0, 0.05) is 23.2 Å². The quantitative estimate of drug-likeness (QED) is 0.525. The predicted molar refractivity (Wildman–Crippen MR) is 75.9 cm³/mol. The number of fused-ring (bicyclic) bond motifs is 2. The van der Waals surface area contributed by atoms with Crippen molar-refractivity contribution in [1.29, 1.82) is 0 Å². The minimum atomic E-state index is 0.601. The van der Waals surface area contributed by atoms with Crippen LogP contribution in [0, 0.1) is 0 Å². The Morgan fingerprint density at radius 3 is 2.70 bits per heavy atom. The molecule has 1 aromatic carbocycles. The number of hydrogen-bond acceptors (Lipinski definition) is 5. The highest BCUT2D eigenvalue weighted by Gasteiger charge is 2.06. The summed E-state index contributed by atoms with van der Waals surface area (Å²) in [6.07, 6.45) is 5.03. The van der Waals surface area contributed by atoms with Crippen molar-refractivity contribution in [3.05, 3.63) is 55.1 Å². The highest BCUT2D eigenvalue weighted by atomic mass is 14.9. The van der Waals surface area contributed by atoms with E-state index in [0.717, 1.165) is 16.3 Å². The molecule has 20 heavy (non-hydrogen) atoms. The molecular weight excluding hydrogens is 250 g/mol. The first-order chi connectivity index (χ1) is 9.90. The number of nitrogens with zero attached hydrogens (tertiary/aromatic N) is 5. The van der Waals surface area contributed by atoms with E-state index in [1.165, 1.54) is 6.33 Å². The largest absolute Gasteiger partial charge is 0.244 e. The molecule has 0 radical (unpaired) electrons. The Hall–Kier alpha value is -2.95. The summed E-state index contributed by atoms with van der Waals surface area (Å²) < 4.78 is 0. The van der Waals surface area contributed by atoms with Gasteiger partial charge in [-0.3, -0.25) is 0 Å². The molecule has 0 bridgehead atoms. The van der Waals surface area contributed by atoms with Crippen LogP contribution >= 0.6 is 0 Å². The number of benzene rings is 1. The Morgan fingerprint density at radius 1 is 0.750 bits per heavy atom. The first kappa shape index (κ1) is 10.9. The Labute approximate surface area is 114 Å². The van der Waals surface area contributed by atoms with Gasteiger partial charge in [-0.05, 0) is 18.2 Å². The molecule has 0 saturated carbocycles. The average molecular weight is 259 g/mol. The van der Waals surface area contributed by atoms with Gasteiger partial charge in [0.25, 0.3) is 0 Å². The van der Waals surface area contributed by atoms with Crippen LogP contribution in [0.3, 0.4) is 0 Å². The summed E-state index contributed by atoms with van der Waals surface area (Å²) in [4.78, 5) is 21.5. The zero-order valence-electron chi connectivity index (χ0n) is 10.4. The third-order valence-corrected chi connectivity index (χ3v) is 3.08. The summed E-state index contributed by atoms with van der Waals surface area (Å²) in [5.74, 6) is 0.601. The minimum absolute atomic E-state index is 0.601. The van der Waals surface area contributed by atoms with Crippen molar-refractivity contribution in [3.63, 3.8) is 0 Å². The van der Waals surface area contributed by atoms with E-state index in [-0.39, 0.29) is 0 Å². The van der Waals surface area contributed by atoms with E-state index >= 15 is 0 Å². The highest BCUT2D eigenvalue weighted by Crippen LogP contribution is 2.18. The predicted octanol–water partition coefficient (Wildman–Crippen LogP) is 2.63. The first-order valence-corrected chi connectivity index (χ1v) is 6.19. The van der Waals surface area contributed by atoms with Crippen molar-refractivity contribution in [3.8, 4) is 11.5 Å². The monoisotopic (exact) mass is 259 g/mol. The second-order valence-corrected chi connectivity index (χ2v) is 4.38. The molecule has 0 aliphatic heterocycles. The van der Waals surface area contributed by atoms with Crippen molar-refractivity contribution < 1.29 is 0 Å². The summed E-state index contributed by atoms with van der Waals surface area (Å²) in [5, 5.41) is 1.91. The number of pyridine rings is 1. The molecule has 0 saturated heterocycles. The number of hydrogen-bond donors (Lipinski definition) is 0. The van der Waals surface area contributed by atoms with Crippen LogP contribution in [0.1, 0.15) is 0 Å². The Bertz CT molecular complexity index is 842. The second-order valence-electron chi connectivity index (χ2n) is 4.38. The van der Waals surface area contributed by atoms with Gasteiger partial charge in [0.2, 0.25) is 0 Å². The molecule has 4 aromatic rings. The zero-order chi connectivity index (χ0) is 13.4. The lowest BCUT2D eigenvalue weighted by atomic mass is 10.2. The molecule has 3 aromatic heterocycles. The molecule has 0 N–H and O–H groups in total. The molecule has 0 amide bonds. The van der Waals surface area contributed by atoms with Crippen molar-refractivity contribution in [2.24, 2.45) is 0 Å². The Kier molecular flexibility index (Phi) is 2.35. The van der Waals surface area contributed by atoms with Crippen LogP contribution in [-0.2, 0) is 0 Å². The molecule has 0 spiro atoms. The number of rotatable bonds is 1. The fourth-order valence-corrected chi connectivity index (χ4v) is 2.09. The van der Waals surface area contributed by atoms with E-state index in [2.05, 4.69) is 24.9 Å². The SMILES string of the molecule is c1ccc2nc(-c3ccc4cncnc4n3)ncc2c1. The molecular formula is C15H9N5. The molecule has 0 aliphatic rings. The molecule has 0 aliphatic carbocycles. The van der Waals surface area contributed by atoms with Crippen molar-refractivity contribution in [1.82, 2.24) is 24.9 Å². The van der Waals surface area contributed by atoms with Gasteiger partial charge < -0.3 is 0 Å². The maximum Gasteiger partial charge on any atom is 0.178 e. The molecule has 5 heteroatoms. The zero-order valence-corrected chi connectivity index (χ0v) is 10.4. The van der Waals surface area contributed by atoms with Gasteiger partial charge in [-0.2, -0.15) is 0 Å². The Morgan fingerprint density at radius 2 is 1.70 bits per heavy atom. The molecule has 0 unspecified atom stereocenters. The third kappa shape index (κ3) is 1.76. The Balaban J connectivity index is 1.91. The van der Waals surface area contributed by atoms with Crippen molar-refractivity contribution in [2.45, 2.75) is 0 Å². The van der Waals surface area contributed by atoms with Crippen LogP contribution < -0.4 is 0 Å². The smallest absolute Gasteiger partial charge is 0.178 e. The van der Waals surface area contributed by atoms with Gasteiger partial charge in [0.05, 0.1) is 5.52 Å². The summed E-state index contributed by atoms with van der Waals surface area (Å²) >= 11 is 0. The lowest BCUT2D eigenvalue weighted by Crippen LogP contribution is -1.94. The second kappa shape index (κ2) is 4.31. The van der Waals surface area contributed by atoms with Gasteiger partial charge in [0.1, 0.15) is 12.0 Å². The molecule has 94 valence electrons. The van der Waals surface area contributed by atoms with E-state index in [4.69, 9.17) is 0 Å². The molecule has 3 heterocycles. The van der Waals surface area contributed by atoms with Crippen LogP contribution in [-0.4, -0.2) is 24.9 Å². The normalized spacial score (nSPS) is 11.0. The molecule has 0 atom stereocenters. The van der Waals surface area contributed by atoms with Gasteiger partial charge >= 0.3 is 0 Å². The van der Waals surface area contributed by atoms with E-state index in [1.54, 1.807) is 6.20 Å². The van der Waals surface area contributed by atoms with E-state index in [0.29, 0.717) is 17.2 Å². The van der Waals surface area contributed by atoms with Crippen LogP contribution in [0.15, 0.2) is 55.1 Å². The number of aromatic nitrogens is 5. The van der Waals surface area contributed by atoms with Gasteiger partial charge in [0.15, 0.2) is 11.5 Å². The van der Waals surface area contributed by atoms with Crippen molar-refractivity contribution in [2.75, 3.05) is 0 Å². The summed E-state index contributed by atoms with van der Waals surface area (Å²) in [7, 11) is 0. The summed E-state index contributed by atoms with van der Waals surface area (Å²) in [5.41, 5.74) is 2.26. The lowest BCUT2D eigenvalue weighted by molar-refractivity contribution is 1.15. The molecule has 0 fully saturated rings. The number of para-hydroxylation sites is 1. The van der Waals surface area contributed by atoms with E-state index in [9.17, 15) is 0 Å². The standard InChI is InChI=1S/C15H9N5/c1-2-4-12-10(3-1)8-17-15(19-12)13-6-5-11-7-16-9-18-14(11)20-13/h1-9H. The summed E-state index contributed by atoms with van der Waals surface area (Å²) in [6, 6.07) is 11.7. The van der Waals surface area contributed by atoms with Gasteiger partial charge in [-0.1, -0.05) is 18.2 Å². The van der Waals surface area contributed by atoms with Crippen LogP contribution in [0.4, 0.5) is 0 Å². The first-order valence-electron chi connectivity index (χ1n) is 6.19. The van der Waals surface area contributed by atoms with Crippen LogP contribution in [0.25, 0.3) is 33.5 Å². The van der Waals surface area contributed by atoms with E-state index < -0.39 is 0 Å². The lowest BCUT2D eigenvalue weighted by Gasteiger charge is -2.02. The third-order valence-electron chi connectivity index (χ3n) is 3.08. The van der Waals surface area contributed by atoms with Crippen LogP contribution in [0.5, 0.6) is 0 Å². The van der Waals surface area contributed by atoms with Crippen LogP contribution in [0.2, 0.25) is 0 Å². The molecule has 5 nitrogen and oxygen atoms in total. The summed E-state index contributed by atoms with van der Waals surface area (Å²) in [6.45, 7) is 0. The minimum Gasteiger partial charge on any atom is -0.244 e. The maximum atomic E-state index is 4.54.